The Balaban J connectivity index is 1.15. The summed E-state index contributed by atoms with van der Waals surface area (Å²) in [5.41, 5.74) is 6.03. The zero-order chi connectivity index (χ0) is 36.2. The van der Waals surface area contributed by atoms with Crippen molar-refractivity contribution < 1.29 is 9.47 Å². The fraction of sp³-hybridized carbons (Fsp3) is 0.122. The van der Waals surface area contributed by atoms with Crippen LogP contribution in [0.25, 0.3) is 0 Å². The highest BCUT2D eigenvalue weighted by Crippen LogP contribution is 2.46. The van der Waals surface area contributed by atoms with Gasteiger partial charge < -0.3 is 9.47 Å². The molecule has 3 heterocycles. The van der Waals surface area contributed by atoms with Crippen LogP contribution in [0.2, 0.25) is 0 Å². The van der Waals surface area contributed by atoms with E-state index in [2.05, 4.69) is 146 Å². The van der Waals surface area contributed by atoms with Crippen LogP contribution in [0.4, 0.5) is 0 Å². The largest absolute Gasteiger partial charge is 0.458 e. The second-order valence-corrected chi connectivity index (χ2v) is 13.8. The van der Waals surface area contributed by atoms with Crippen molar-refractivity contribution in [3.63, 3.8) is 0 Å². The Bertz CT molecular complexity index is 2140. The van der Waals surface area contributed by atoms with Gasteiger partial charge in [-0.1, -0.05) is 188 Å². The topological polar surface area (TPSA) is 56.1 Å². The molecule has 6 aromatic carbocycles. The van der Waals surface area contributed by atoms with Gasteiger partial charge in [0.05, 0.1) is 0 Å². The van der Waals surface area contributed by atoms with Gasteiger partial charge >= 0.3 is 0 Å². The first-order chi connectivity index (χ1) is 26.7. The Kier molecular flexibility index (Phi) is 8.89. The van der Waals surface area contributed by atoms with Gasteiger partial charge in [0.2, 0.25) is 11.8 Å². The minimum atomic E-state index is -0.872. The van der Waals surface area contributed by atoms with E-state index in [0.717, 1.165) is 22.3 Å². The third-order valence-electron chi connectivity index (χ3n) is 10.5. The lowest BCUT2D eigenvalue weighted by Crippen LogP contribution is -2.40. The quantitative estimate of drug-likeness (QED) is 0.143. The van der Waals surface area contributed by atoms with Gasteiger partial charge in [-0.2, -0.15) is 0 Å². The Morgan fingerprint density at radius 1 is 0.352 bits per heavy atom. The lowest BCUT2D eigenvalue weighted by atomic mass is 9.78. The van der Waals surface area contributed by atoms with Crippen molar-refractivity contribution in [3.8, 4) is 0 Å². The van der Waals surface area contributed by atoms with Gasteiger partial charge in [0.1, 0.15) is 23.5 Å². The summed E-state index contributed by atoms with van der Waals surface area (Å²) in [7, 11) is 0. The van der Waals surface area contributed by atoms with Gasteiger partial charge in [0, 0.05) is 22.3 Å². The highest BCUT2D eigenvalue weighted by Gasteiger charge is 2.52. The molecule has 0 spiro atoms. The third-order valence-corrected chi connectivity index (χ3v) is 10.5. The van der Waals surface area contributed by atoms with Crippen molar-refractivity contribution in [2.45, 2.75) is 36.1 Å². The molecule has 5 heteroatoms. The molecular formula is C49H39N3O2. The lowest BCUT2D eigenvalue weighted by Gasteiger charge is -2.35. The summed E-state index contributed by atoms with van der Waals surface area (Å²) in [5, 5.41) is 0. The van der Waals surface area contributed by atoms with Crippen LogP contribution in [0.3, 0.4) is 0 Å². The summed E-state index contributed by atoms with van der Waals surface area (Å²) in [5.74, 6) is 0.976. The van der Waals surface area contributed by atoms with Crippen LogP contribution in [0, 0.1) is 0 Å². The molecule has 0 saturated carbocycles. The molecule has 0 amide bonds. The van der Waals surface area contributed by atoms with Crippen molar-refractivity contribution in [2.24, 2.45) is 9.98 Å². The van der Waals surface area contributed by atoms with E-state index < -0.39 is 11.2 Å². The van der Waals surface area contributed by atoms with Gasteiger partial charge in [0.15, 0.2) is 11.2 Å². The molecule has 0 fully saturated rings. The predicted octanol–water partition coefficient (Wildman–Crippen LogP) is 9.75. The Morgan fingerprint density at radius 2 is 0.648 bits per heavy atom. The Labute approximate surface area is 316 Å². The van der Waals surface area contributed by atoms with Crippen molar-refractivity contribution in [1.29, 1.82) is 0 Å². The molecule has 0 bridgehead atoms. The summed E-state index contributed by atoms with van der Waals surface area (Å²) >= 11 is 0. The Hall–Kier alpha value is -6.59. The second kappa shape index (κ2) is 14.4. The van der Waals surface area contributed by atoms with Gasteiger partial charge in [-0.3, -0.25) is 0 Å². The van der Waals surface area contributed by atoms with Crippen molar-refractivity contribution in [1.82, 2.24) is 4.98 Å². The minimum Gasteiger partial charge on any atom is -0.458 e. The fourth-order valence-electron chi connectivity index (χ4n) is 8.00. The van der Waals surface area contributed by atoms with E-state index in [4.69, 9.17) is 24.4 Å². The number of aliphatic imine (C=N–C) groups is 2. The average Bonchev–Trinajstić information content (AvgIpc) is 3.83. The Morgan fingerprint density at radius 3 is 0.963 bits per heavy atom. The van der Waals surface area contributed by atoms with Crippen LogP contribution in [-0.2, 0) is 33.5 Å². The van der Waals surface area contributed by atoms with E-state index in [1.54, 1.807) is 0 Å². The molecule has 0 saturated heterocycles. The number of hydrogen-bond donors (Lipinski definition) is 0. The van der Waals surface area contributed by atoms with E-state index in [0.29, 0.717) is 36.0 Å². The van der Waals surface area contributed by atoms with Crippen molar-refractivity contribution >= 4 is 11.8 Å². The number of benzene rings is 6. The lowest BCUT2D eigenvalue weighted by molar-refractivity contribution is 0.0969. The summed E-state index contributed by atoms with van der Waals surface area (Å²) in [6.45, 7) is 0. The number of hydrogen-bond acceptors (Lipinski definition) is 5. The molecule has 0 aliphatic carbocycles. The molecule has 2 atom stereocenters. The van der Waals surface area contributed by atoms with Gasteiger partial charge in [-0.15, -0.1) is 0 Å². The number of pyridine rings is 1. The molecule has 262 valence electrons. The van der Waals surface area contributed by atoms with Crippen LogP contribution in [-0.4, -0.2) is 28.9 Å². The van der Waals surface area contributed by atoms with Gasteiger partial charge in [-0.05, 0) is 36.1 Å². The SMILES string of the molecule is c1ccc(C[C@@H]2N=C(c3cccc(C4=N[C@@H](Cc5ccccc5)C(c5ccccc5)(c5ccccc5)O4)n3)OC2(c2ccccc2)c2ccccc2)cc1. The summed E-state index contributed by atoms with van der Waals surface area (Å²) < 4.78 is 14.4. The van der Waals surface area contributed by atoms with Crippen molar-refractivity contribution in [2.75, 3.05) is 0 Å². The summed E-state index contributed by atoms with van der Waals surface area (Å²) in [6.07, 6.45) is 1.36. The normalized spacial score (nSPS) is 18.2. The van der Waals surface area contributed by atoms with Crippen LogP contribution < -0.4 is 0 Å². The van der Waals surface area contributed by atoms with E-state index in [1.165, 1.54) is 11.1 Å². The standard InChI is InChI=1S/C49H39N3O2/c1-7-20-36(21-8-1)34-44-48(38-24-11-3-12-25-38,39-26-13-4-14-27-39)53-46(51-44)42-32-19-33-43(50-42)47-52-45(35-37-22-9-2-10-23-37)49(54-47,40-28-15-5-16-29-40)41-30-17-6-18-31-41/h1-33,44-45H,34-35H2/t44-,45-/m0/s1. The smallest absolute Gasteiger partial charge is 0.237 e. The molecule has 2 aliphatic rings. The molecule has 0 unspecified atom stereocenters. The monoisotopic (exact) mass is 701 g/mol. The maximum atomic E-state index is 7.20. The molecule has 0 radical (unpaired) electrons. The summed E-state index contributed by atoms with van der Waals surface area (Å²) in [4.78, 5) is 16.0. The first-order valence-electron chi connectivity index (χ1n) is 18.5. The number of rotatable bonds is 10. The zero-order valence-corrected chi connectivity index (χ0v) is 29.8. The molecule has 54 heavy (non-hydrogen) atoms. The van der Waals surface area contributed by atoms with Gasteiger partial charge in [-0.25, -0.2) is 15.0 Å². The van der Waals surface area contributed by atoms with Crippen molar-refractivity contribution in [3.05, 3.63) is 245 Å². The van der Waals surface area contributed by atoms with Gasteiger partial charge in [0.25, 0.3) is 0 Å². The highest BCUT2D eigenvalue weighted by molar-refractivity contribution is 5.98. The first-order valence-corrected chi connectivity index (χ1v) is 18.5. The van der Waals surface area contributed by atoms with Crippen LogP contribution >= 0.6 is 0 Å². The molecule has 0 N–H and O–H groups in total. The molecule has 5 nitrogen and oxygen atoms in total. The number of nitrogens with zero attached hydrogens (tertiary/aromatic N) is 3. The number of ether oxygens (including phenoxy) is 2. The van der Waals surface area contributed by atoms with E-state index in [-0.39, 0.29) is 12.1 Å². The summed E-state index contributed by atoms with van der Waals surface area (Å²) in [6, 6.07) is 68.1. The molecule has 2 aliphatic heterocycles. The maximum Gasteiger partial charge on any atom is 0.237 e. The zero-order valence-electron chi connectivity index (χ0n) is 29.8. The minimum absolute atomic E-state index is 0.260. The average molecular weight is 702 g/mol. The second-order valence-electron chi connectivity index (χ2n) is 13.8. The van der Waals surface area contributed by atoms with Crippen LogP contribution in [0.15, 0.2) is 210 Å². The van der Waals surface area contributed by atoms with Crippen LogP contribution in [0.1, 0.15) is 44.8 Å². The maximum absolute atomic E-state index is 7.20. The first kappa shape index (κ1) is 33.3. The van der Waals surface area contributed by atoms with E-state index in [9.17, 15) is 0 Å². The van der Waals surface area contributed by atoms with Crippen LogP contribution in [0.5, 0.6) is 0 Å². The highest BCUT2D eigenvalue weighted by atomic mass is 16.5. The fourth-order valence-corrected chi connectivity index (χ4v) is 8.00. The van der Waals surface area contributed by atoms with E-state index in [1.807, 2.05) is 54.6 Å². The third kappa shape index (κ3) is 6.08. The number of aromatic nitrogens is 1. The molecular weight excluding hydrogens is 663 g/mol. The van der Waals surface area contributed by atoms with E-state index >= 15 is 0 Å². The molecule has 1 aromatic heterocycles. The predicted molar refractivity (Wildman–Crippen MR) is 215 cm³/mol. The molecule has 7 aromatic rings. The molecule has 9 rings (SSSR count).